The van der Waals surface area contributed by atoms with Crippen LogP contribution in [0.2, 0.25) is 0 Å². The van der Waals surface area contributed by atoms with Gasteiger partial charge in [-0.1, -0.05) is 6.07 Å². The molecule has 32 heavy (non-hydrogen) atoms. The van der Waals surface area contributed by atoms with Crippen LogP contribution in [-0.4, -0.2) is 30.6 Å². The quantitative estimate of drug-likeness (QED) is 0.496. The van der Waals surface area contributed by atoms with Crippen molar-refractivity contribution in [2.24, 2.45) is 7.05 Å². The molecule has 0 unspecified atom stereocenters. The molecule has 4 aromatic rings. The lowest BCUT2D eigenvalue weighted by molar-refractivity contribution is 0.103. The topological polar surface area (TPSA) is 112 Å². The number of hydrogen-bond donors (Lipinski definition) is 1. The van der Waals surface area contributed by atoms with Crippen molar-refractivity contribution in [3.8, 4) is 22.2 Å². The van der Waals surface area contributed by atoms with Crippen molar-refractivity contribution in [1.82, 2.24) is 24.7 Å². The standard InChI is InChI=1S/C22H20N6O3S/c1-12-13(2)27-28(4)22(30)18(12)21-25-14(3)19(32-21)20(29)26-15-6-5-7-16(10-15)31-17-11-23-8-9-24-17/h5-11H,1-4H3,(H,26,29). The Labute approximate surface area is 187 Å². The summed E-state index contributed by atoms with van der Waals surface area (Å²) in [4.78, 5) is 38.6. The summed E-state index contributed by atoms with van der Waals surface area (Å²) in [6.07, 6.45) is 4.59. The zero-order valence-electron chi connectivity index (χ0n) is 17.9. The molecule has 0 fully saturated rings. The fourth-order valence-electron chi connectivity index (χ4n) is 3.10. The molecule has 0 saturated heterocycles. The van der Waals surface area contributed by atoms with E-state index in [0.717, 1.165) is 11.3 Å². The predicted octanol–water partition coefficient (Wildman–Crippen LogP) is 3.66. The van der Waals surface area contributed by atoms with E-state index in [2.05, 4.69) is 25.4 Å². The first-order valence-corrected chi connectivity index (χ1v) is 10.5. The summed E-state index contributed by atoms with van der Waals surface area (Å²) in [5.41, 5.74) is 2.81. The van der Waals surface area contributed by atoms with Crippen molar-refractivity contribution >= 4 is 22.9 Å². The largest absolute Gasteiger partial charge is 0.437 e. The van der Waals surface area contributed by atoms with E-state index in [0.29, 0.717) is 38.5 Å². The monoisotopic (exact) mass is 448 g/mol. The maximum atomic E-state index is 13.0. The van der Waals surface area contributed by atoms with Gasteiger partial charge >= 0.3 is 0 Å². The van der Waals surface area contributed by atoms with E-state index in [1.807, 2.05) is 13.8 Å². The van der Waals surface area contributed by atoms with E-state index < -0.39 is 0 Å². The van der Waals surface area contributed by atoms with Crippen molar-refractivity contribution in [2.45, 2.75) is 20.8 Å². The van der Waals surface area contributed by atoms with Gasteiger partial charge < -0.3 is 10.1 Å². The van der Waals surface area contributed by atoms with Crippen molar-refractivity contribution in [3.63, 3.8) is 0 Å². The maximum Gasteiger partial charge on any atom is 0.277 e. The van der Waals surface area contributed by atoms with Crippen LogP contribution in [0.3, 0.4) is 0 Å². The molecule has 9 nitrogen and oxygen atoms in total. The van der Waals surface area contributed by atoms with Crippen LogP contribution < -0.4 is 15.6 Å². The summed E-state index contributed by atoms with van der Waals surface area (Å²) in [6.45, 7) is 5.41. The summed E-state index contributed by atoms with van der Waals surface area (Å²) in [5, 5.41) is 7.56. The van der Waals surface area contributed by atoms with E-state index in [4.69, 9.17) is 4.74 Å². The van der Waals surface area contributed by atoms with Crippen molar-refractivity contribution in [1.29, 1.82) is 0 Å². The van der Waals surface area contributed by atoms with E-state index >= 15 is 0 Å². The van der Waals surface area contributed by atoms with Gasteiger partial charge in [-0.25, -0.2) is 14.6 Å². The number of nitrogens with one attached hydrogen (secondary N) is 1. The fourth-order valence-corrected chi connectivity index (χ4v) is 4.15. The number of carbonyl (C=O) groups excluding carboxylic acids is 1. The van der Waals surface area contributed by atoms with Gasteiger partial charge in [-0.3, -0.25) is 14.6 Å². The highest BCUT2D eigenvalue weighted by Crippen LogP contribution is 2.30. The molecular formula is C22H20N6O3S. The molecule has 0 aliphatic carbocycles. The van der Waals surface area contributed by atoms with E-state index in [-0.39, 0.29) is 11.5 Å². The number of hydrogen-bond acceptors (Lipinski definition) is 8. The molecule has 3 aromatic heterocycles. The number of aromatic nitrogens is 5. The third kappa shape index (κ3) is 4.26. The zero-order valence-corrected chi connectivity index (χ0v) is 18.7. The third-order valence-corrected chi connectivity index (χ3v) is 5.97. The van der Waals surface area contributed by atoms with Crippen LogP contribution in [0.25, 0.3) is 10.6 Å². The first-order valence-electron chi connectivity index (χ1n) is 9.71. The minimum atomic E-state index is -0.317. The summed E-state index contributed by atoms with van der Waals surface area (Å²) in [7, 11) is 1.60. The minimum absolute atomic E-state index is 0.248. The molecule has 0 aliphatic heterocycles. The molecule has 1 aromatic carbocycles. The Morgan fingerprint density at radius 3 is 2.72 bits per heavy atom. The first kappa shape index (κ1) is 21.3. The number of nitrogens with zero attached hydrogens (tertiary/aromatic N) is 5. The van der Waals surface area contributed by atoms with E-state index in [1.54, 1.807) is 44.4 Å². The minimum Gasteiger partial charge on any atom is -0.437 e. The van der Waals surface area contributed by atoms with Crippen LogP contribution >= 0.6 is 11.3 Å². The van der Waals surface area contributed by atoms with Crippen molar-refractivity contribution < 1.29 is 9.53 Å². The van der Waals surface area contributed by atoms with Gasteiger partial charge in [0.2, 0.25) is 5.88 Å². The lowest BCUT2D eigenvalue weighted by Gasteiger charge is -2.08. The fraction of sp³-hybridized carbons (Fsp3) is 0.182. The smallest absolute Gasteiger partial charge is 0.277 e. The molecule has 0 saturated carbocycles. The average Bonchev–Trinajstić information content (AvgIpc) is 3.15. The molecule has 1 amide bonds. The lowest BCUT2D eigenvalue weighted by atomic mass is 10.1. The van der Waals surface area contributed by atoms with Gasteiger partial charge in [-0.05, 0) is 38.5 Å². The molecule has 0 spiro atoms. The normalized spacial score (nSPS) is 10.8. The predicted molar refractivity (Wildman–Crippen MR) is 121 cm³/mol. The summed E-state index contributed by atoms with van der Waals surface area (Å²) in [5.74, 6) is 0.545. The molecule has 1 N–H and O–H groups in total. The number of anilines is 1. The molecule has 10 heteroatoms. The average molecular weight is 449 g/mol. The van der Waals surface area contributed by atoms with Gasteiger partial charge in [-0.15, -0.1) is 11.3 Å². The highest BCUT2D eigenvalue weighted by atomic mass is 32.1. The summed E-state index contributed by atoms with van der Waals surface area (Å²) >= 11 is 1.18. The highest BCUT2D eigenvalue weighted by molar-refractivity contribution is 7.17. The van der Waals surface area contributed by atoms with Gasteiger partial charge in [0.1, 0.15) is 15.6 Å². The molecule has 0 bridgehead atoms. The molecule has 0 radical (unpaired) electrons. The Balaban J connectivity index is 1.59. The van der Waals surface area contributed by atoms with Gasteiger partial charge in [0, 0.05) is 31.2 Å². The molecule has 0 atom stereocenters. The first-order chi connectivity index (χ1) is 15.3. The van der Waals surface area contributed by atoms with Crippen LogP contribution in [0, 0.1) is 20.8 Å². The lowest BCUT2D eigenvalue weighted by Crippen LogP contribution is -2.23. The summed E-state index contributed by atoms with van der Waals surface area (Å²) < 4.78 is 6.95. The zero-order chi connectivity index (χ0) is 22.8. The second-order valence-electron chi connectivity index (χ2n) is 7.08. The third-order valence-electron chi connectivity index (χ3n) is 4.80. The molecule has 4 rings (SSSR count). The molecule has 0 aliphatic rings. The van der Waals surface area contributed by atoms with Crippen LogP contribution in [0.1, 0.15) is 26.6 Å². The van der Waals surface area contributed by atoms with Crippen LogP contribution in [0.4, 0.5) is 5.69 Å². The SMILES string of the molecule is Cc1nc(-c2c(C)c(C)nn(C)c2=O)sc1C(=O)Nc1cccc(Oc2cnccn2)c1. The highest BCUT2D eigenvalue weighted by Gasteiger charge is 2.21. The van der Waals surface area contributed by atoms with Gasteiger partial charge in [-0.2, -0.15) is 5.10 Å². The van der Waals surface area contributed by atoms with Crippen LogP contribution in [0.15, 0.2) is 47.7 Å². The second kappa shape index (κ2) is 8.67. The number of amides is 1. The molecule has 162 valence electrons. The Kier molecular flexibility index (Phi) is 5.78. The number of rotatable bonds is 5. The van der Waals surface area contributed by atoms with Crippen LogP contribution in [-0.2, 0) is 7.05 Å². The van der Waals surface area contributed by atoms with Crippen molar-refractivity contribution in [3.05, 3.63) is 75.0 Å². The number of thiazole rings is 1. The maximum absolute atomic E-state index is 13.0. The second-order valence-corrected chi connectivity index (χ2v) is 8.07. The van der Waals surface area contributed by atoms with E-state index in [1.165, 1.54) is 28.4 Å². The number of aryl methyl sites for hydroxylation is 3. The molecule has 3 heterocycles. The van der Waals surface area contributed by atoms with Crippen LogP contribution in [0.5, 0.6) is 11.6 Å². The van der Waals surface area contributed by atoms with E-state index in [9.17, 15) is 9.59 Å². The Morgan fingerprint density at radius 2 is 1.97 bits per heavy atom. The number of benzene rings is 1. The number of ether oxygens (including phenoxy) is 1. The Hall–Kier alpha value is -3.92. The Morgan fingerprint density at radius 1 is 1.16 bits per heavy atom. The van der Waals surface area contributed by atoms with Gasteiger partial charge in [0.15, 0.2) is 0 Å². The Bertz CT molecular complexity index is 1360. The summed E-state index contributed by atoms with van der Waals surface area (Å²) in [6, 6.07) is 6.96. The van der Waals surface area contributed by atoms with Crippen molar-refractivity contribution in [2.75, 3.05) is 5.32 Å². The molecular weight excluding hydrogens is 428 g/mol. The number of carbonyl (C=O) groups is 1. The van der Waals surface area contributed by atoms with Gasteiger partial charge in [0.25, 0.3) is 11.5 Å². The van der Waals surface area contributed by atoms with Gasteiger partial charge in [0.05, 0.1) is 23.1 Å².